The summed E-state index contributed by atoms with van der Waals surface area (Å²) in [5, 5.41) is 0. The first kappa shape index (κ1) is 16.6. The van der Waals surface area contributed by atoms with E-state index in [9.17, 15) is 0 Å². The van der Waals surface area contributed by atoms with Crippen LogP contribution in [0.2, 0.25) is 0 Å². The summed E-state index contributed by atoms with van der Waals surface area (Å²) in [6.07, 6.45) is 10.5. The molecule has 0 spiro atoms. The van der Waals surface area contributed by atoms with Crippen molar-refractivity contribution in [3.63, 3.8) is 0 Å². The molecule has 100 valence electrons. The van der Waals surface area contributed by atoms with Crippen molar-refractivity contribution in [2.45, 2.75) is 19.3 Å². The summed E-state index contributed by atoms with van der Waals surface area (Å²) in [5.41, 5.74) is 1.62. The van der Waals surface area contributed by atoms with E-state index in [1.807, 2.05) is 0 Å². The first-order chi connectivity index (χ1) is 7.58. The van der Waals surface area contributed by atoms with Crippen molar-refractivity contribution in [3.05, 3.63) is 23.8 Å². The van der Waals surface area contributed by atoms with E-state index in [0.717, 1.165) is 10.9 Å². The molecule has 0 aromatic carbocycles. The second-order valence-electron chi connectivity index (χ2n) is 4.92. The standard InChI is InChI=1S/C11H20N.ClHO4/c1-12(2,3)10-9-11-7-5-4-6-8-11;2-1(3,4)5/h4-5,8H,6-7,9-10H2,1-3H3;(H,2,3,4,5)/q+1;/p-1. The first-order valence-electron chi connectivity index (χ1n) is 5.33. The summed E-state index contributed by atoms with van der Waals surface area (Å²) in [5.74, 6) is 0. The van der Waals surface area contributed by atoms with E-state index in [4.69, 9.17) is 18.6 Å². The zero-order valence-electron chi connectivity index (χ0n) is 10.5. The minimum atomic E-state index is -4.94. The number of halogens is 1. The molecule has 5 nitrogen and oxygen atoms in total. The fourth-order valence-electron chi connectivity index (χ4n) is 1.33. The Morgan fingerprint density at radius 1 is 1.12 bits per heavy atom. The van der Waals surface area contributed by atoms with E-state index in [-0.39, 0.29) is 0 Å². The molecule has 0 unspecified atom stereocenters. The van der Waals surface area contributed by atoms with Gasteiger partial charge in [0.05, 0.1) is 27.7 Å². The number of quaternary nitrogens is 1. The van der Waals surface area contributed by atoms with Gasteiger partial charge in [0.15, 0.2) is 0 Å². The van der Waals surface area contributed by atoms with Crippen molar-refractivity contribution < 1.29 is 33.4 Å². The maximum Gasteiger partial charge on any atom is 0.0818 e. The van der Waals surface area contributed by atoms with E-state index < -0.39 is 10.2 Å². The lowest BCUT2D eigenvalue weighted by Crippen LogP contribution is -2.68. The van der Waals surface area contributed by atoms with E-state index >= 15 is 0 Å². The van der Waals surface area contributed by atoms with E-state index in [2.05, 4.69) is 39.4 Å². The van der Waals surface area contributed by atoms with Gasteiger partial charge >= 0.3 is 0 Å². The van der Waals surface area contributed by atoms with Crippen LogP contribution in [0.1, 0.15) is 19.3 Å². The Balaban J connectivity index is 0.000000437. The first-order valence-corrected chi connectivity index (χ1v) is 6.56. The van der Waals surface area contributed by atoms with Gasteiger partial charge < -0.3 is 4.48 Å². The van der Waals surface area contributed by atoms with E-state index in [1.54, 1.807) is 5.57 Å². The molecule has 0 heterocycles. The van der Waals surface area contributed by atoms with Crippen LogP contribution < -0.4 is 18.6 Å². The Hall–Kier alpha value is -0.430. The number of nitrogens with zero attached hydrogens (tertiary/aromatic N) is 1. The fraction of sp³-hybridized carbons (Fsp3) is 0.636. The molecule has 0 aromatic heterocycles. The average molecular weight is 266 g/mol. The lowest BCUT2D eigenvalue weighted by atomic mass is 10.0. The smallest absolute Gasteiger partial charge is 0.0818 e. The Morgan fingerprint density at radius 3 is 2.00 bits per heavy atom. The van der Waals surface area contributed by atoms with Crippen LogP contribution in [0, 0.1) is 10.2 Å². The van der Waals surface area contributed by atoms with Gasteiger partial charge in [-0.3, -0.25) is 0 Å². The molecule has 17 heavy (non-hydrogen) atoms. The van der Waals surface area contributed by atoms with Crippen LogP contribution in [0.4, 0.5) is 0 Å². The largest absolute Gasteiger partial charge is 0.331 e. The highest BCUT2D eigenvalue weighted by Crippen LogP contribution is 2.15. The van der Waals surface area contributed by atoms with E-state index in [1.165, 1.54) is 19.4 Å². The molecule has 6 heteroatoms. The quantitative estimate of drug-likeness (QED) is 0.420. The number of hydrogen-bond acceptors (Lipinski definition) is 4. The van der Waals surface area contributed by atoms with E-state index in [0.29, 0.717) is 0 Å². The average Bonchev–Trinajstić information content (AvgIpc) is 2.13. The summed E-state index contributed by atoms with van der Waals surface area (Å²) in [7, 11) is 1.80. The molecular weight excluding hydrogens is 246 g/mol. The van der Waals surface area contributed by atoms with Crippen molar-refractivity contribution in [2.75, 3.05) is 27.7 Å². The van der Waals surface area contributed by atoms with Crippen molar-refractivity contribution >= 4 is 0 Å². The van der Waals surface area contributed by atoms with Gasteiger partial charge in [-0.15, -0.1) is 10.2 Å². The Labute approximate surface area is 105 Å². The highest BCUT2D eigenvalue weighted by Gasteiger charge is 2.08. The second kappa shape index (κ2) is 7.10. The van der Waals surface area contributed by atoms with Gasteiger partial charge in [0.1, 0.15) is 0 Å². The Morgan fingerprint density at radius 2 is 1.65 bits per heavy atom. The molecule has 0 saturated heterocycles. The maximum atomic E-state index is 8.49. The van der Waals surface area contributed by atoms with Gasteiger partial charge in [-0.2, -0.15) is 0 Å². The van der Waals surface area contributed by atoms with Crippen molar-refractivity contribution in [3.8, 4) is 0 Å². The lowest BCUT2D eigenvalue weighted by molar-refractivity contribution is -2.00. The van der Waals surface area contributed by atoms with Crippen LogP contribution in [-0.4, -0.2) is 32.2 Å². The molecule has 0 saturated carbocycles. The molecule has 0 aromatic rings. The summed E-state index contributed by atoms with van der Waals surface area (Å²) < 4.78 is 35.0. The molecule has 0 N–H and O–H groups in total. The van der Waals surface area contributed by atoms with Gasteiger partial charge in [-0.1, -0.05) is 23.8 Å². The monoisotopic (exact) mass is 265 g/mol. The SMILES string of the molecule is C[N+](C)(C)CCC1=CCC=CC1.[O-][Cl+3]([O-])([O-])[O-]. The van der Waals surface area contributed by atoms with Crippen LogP contribution in [-0.2, 0) is 0 Å². The third-order valence-corrected chi connectivity index (χ3v) is 2.19. The Bertz CT molecular complexity index is 270. The van der Waals surface area contributed by atoms with Crippen molar-refractivity contribution in [1.82, 2.24) is 0 Å². The highest BCUT2D eigenvalue weighted by atomic mass is 35.7. The topological polar surface area (TPSA) is 92.2 Å². The normalized spacial score (nSPS) is 16.1. The van der Waals surface area contributed by atoms with Crippen molar-refractivity contribution in [2.24, 2.45) is 0 Å². The van der Waals surface area contributed by atoms with Gasteiger partial charge in [-0.05, 0) is 12.8 Å². The molecule has 0 fully saturated rings. The molecule has 0 radical (unpaired) electrons. The number of hydrogen-bond donors (Lipinski definition) is 0. The van der Waals surface area contributed by atoms with Crippen LogP contribution >= 0.6 is 0 Å². The van der Waals surface area contributed by atoms with Crippen molar-refractivity contribution in [1.29, 1.82) is 0 Å². The molecule has 1 aliphatic rings. The summed E-state index contributed by atoms with van der Waals surface area (Å²) in [4.78, 5) is 0. The molecular formula is C11H20ClNO4. The fourth-order valence-corrected chi connectivity index (χ4v) is 1.33. The lowest BCUT2D eigenvalue weighted by Gasteiger charge is -2.24. The third kappa shape index (κ3) is 15.6. The number of rotatable bonds is 3. The summed E-state index contributed by atoms with van der Waals surface area (Å²) >= 11 is 0. The predicted octanol–water partition coefficient (Wildman–Crippen LogP) is -2.40. The van der Waals surface area contributed by atoms with Crippen LogP contribution in [0.3, 0.4) is 0 Å². The van der Waals surface area contributed by atoms with Gasteiger partial charge in [0.2, 0.25) is 0 Å². The third-order valence-electron chi connectivity index (χ3n) is 2.19. The highest BCUT2D eigenvalue weighted by molar-refractivity contribution is 5.14. The second-order valence-corrected chi connectivity index (χ2v) is 5.67. The van der Waals surface area contributed by atoms with Gasteiger partial charge in [0.25, 0.3) is 0 Å². The molecule has 0 aliphatic heterocycles. The zero-order valence-corrected chi connectivity index (χ0v) is 11.3. The summed E-state index contributed by atoms with van der Waals surface area (Å²) in [6, 6.07) is 0. The molecule has 0 atom stereocenters. The molecule has 1 rings (SSSR count). The summed E-state index contributed by atoms with van der Waals surface area (Å²) in [6.45, 7) is 1.25. The maximum absolute atomic E-state index is 8.49. The van der Waals surface area contributed by atoms with Gasteiger partial charge in [0, 0.05) is 6.42 Å². The van der Waals surface area contributed by atoms with Gasteiger partial charge in [-0.25, -0.2) is 18.6 Å². The molecule has 1 aliphatic carbocycles. The van der Waals surface area contributed by atoms with Crippen LogP contribution in [0.5, 0.6) is 0 Å². The minimum absolute atomic E-state index is 1.07. The zero-order chi connectivity index (χ0) is 13.5. The van der Waals surface area contributed by atoms with Crippen LogP contribution in [0.15, 0.2) is 23.8 Å². The Kier molecular flexibility index (Phi) is 6.92. The molecule has 0 amide bonds. The van der Waals surface area contributed by atoms with Crippen LogP contribution in [0.25, 0.3) is 0 Å². The molecule has 0 bridgehead atoms. The minimum Gasteiger partial charge on any atom is -0.331 e. The number of allylic oxidation sites excluding steroid dienone is 3. The predicted molar refractivity (Wildman–Crippen MR) is 54.0 cm³/mol.